The molecule has 0 atom stereocenters. The smallest absolute Gasteiger partial charge is 0.319 e. The van der Waals surface area contributed by atoms with Crippen molar-refractivity contribution in [2.45, 2.75) is 96.8 Å². The van der Waals surface area contributed by atoms with Gasteiger partial charge in [0.2, 0.25) is 0 Å². The van der Waals surface area contributed by atoms with Gasteiger partial charge in [0, 0.05) is 0 Å². The summed E-state index contributed by atoms with van der Waals surface area (Å²) in [6, 6.07) is 0. The highest BCUT2D eigenvalue weighted by Crippen LogP contribution is 2.26. The van der Waals surface area contributed by atoms with Gasteiger partial charge >= 0.3 is 6.72 Å². The predicted molar refractivity (Wildman–Crippen MR) is 100 cm³/mol. The first-order valence-corrected chi connectivity index (χ1v) is 11.6. The summed E-state index contributed by atoms with van der Waals surface area (Å²) in [5, 5.41) is 0. The topological polar surface area (TPSA) is 86.7 Å². The van der Waals surface area contributed by atoms with Crippen LogP contribution in [0, 0.1) is 0 Å². The Balaban J connectivity index is 0. The monoisotopic (exact) mass is 355 g/mol. The minimum Gasteiger partial charge on any atom is -0.330 e. The van der Waals surface area contributed by atoms with Crippen molar-refractivity contribution in [3.63, 3.8) is 0 Å². The molecule has 0 aliphatic rings. The maximum Gasteiger partial charge on any atom is 0.319 e. The second kappa shape index (κ2) is 19.5. The quantitative estimate of drug-likeness (QED) is 0.270. The first kappa shape index (κ1) is 24.7. The van der Waals surface area contributed by atoms with Crippen LogP contribution in [0.3, 0.4) is 0 Å². The molecular formula is C16H38NO3PS. The molecule has 0 saturated carbocycles. The van der Waals surface area contributed by atoms with Crippen molar-refractivity contribution in [1.29, 1.82) is 0 Å². The van der Waals surface area contributed by atoms with E-state index in [1.165, 1.54) is 89.9 Å². The number of unbranched alkanes of at least 4 members (excludes halogenated alkanes) is 13. The lowest BCUT2D eigenvalue weighted by molar-refractivity contribution is 0.363. The summed E-state index contributed by atoms with van der Waals surface area (Å²) in [4.78, 5) is 22.7. The van der Waals surface area contributed by atoms with E-state index in [0.717, 1.165) is 6.54 Å². The summed E-state index contributed by atoms with van der Waals surface area (Å²) in [7, 11) is 0. The van der Waals surface area contributed by atoms with Gasteiger partial charge in [0.25, 0.3) is 0 Å². The van der Waals surface area contributed by atoms with Crippen molar-refractivity contribution in [1.82, 2.24) is 0 Å². The average Bonchev–Trinajstić information content (AvgIpc) is 2.42. The van der Waals surface area contributed by atoms with Gasteiger partial charge in [-0.25, -0.2) is 0 Å². The number of rotatable bonds is 14. The Morgan fingerprint density at radius 1 is 0.636 bits per heavy atom. The zero-order valence-corrected chi connectivity index (χ0v) is 16.1. The standard InChI is InChI=1S/C16H35N.H3O3PS/c1-2-3-4-5-6-7-8-9-10-11-12-13-14-15-16-17;1-4(2,3)5/h2-17H2,1H3;(H3,1,2,3,5). The SMILES string of the molecule is CCCCCCCCCCCCCCCCN.OP(O)(O)=S. The third kappa shape index (κ3) is 37.1. The van der Waals surface area contributed by atoms with E-state index in [-0.39, 0.29) is 0 Å². The number of nitrogens with two attached hydrogens (primary N) is 1. The summed E-state index contributed by atoms with van der Waals surface area (Å²) < 4.78 is 0. The maximum absolute atomic E-state index is 7.56. The summed E-state index contributed by atoms with van der Waals surface area (Å²) in [6.45, 7) is -0.647. The molecule has 0 aromatic rings. The molecule has 0 fully saturated rings. The molecule has 0 saturated heterocycles. The summed E-state index contributed by atoms with van der Waals surface area (Å²) in [5.74, 6) is 0. The van der Waals surface area contributed by atoms with Crippen molar-refractivity contribution in [2.24, 2.45) is 5.73 Å². The molecule has 0 amide bonds. The molecule has 0 radical (unpaired) electrons. The van der Waals surface area contributed by atoms with E-state index in [4.69, 9.17) is 20.4 Å². The molecule has 0 spiro atoms. The molecule has 0 heterocycles. The van der Waals surface area contributed by atoms with Crippen LogP contribution < -0.4 is 5.73 Å². The fourth-order valence-electron chi connectivity index (χ4n) is 2.34. The highest BCUT2D eigenvalue weighted by Gasteiger charge is 1.93. The first-order valence-electron chi connectivity index (χ1n) is 8.90. The van der Waals surface area contributed by atoms with Crippen LogP contribution in [0.4, 0.5) is 0 Å². The maximum atomic E-state index is 7.56. The molecule has 0 aliphatic heterocycles. The molecule has 0 bridgehead atoms. The van der Waals surface area contributed by atoms with Gasteiger partial charge in [0.1, 0.15) is 0 Å². The normalized spacial score (nSPS) is 11.1. The van der Waals surface area contributed by atoms with Crippen molar-refractivity contribution in [3.05, 3.63) is 0 Å². The minimum atomic E-state index is -3.81. The van der Waals surface area contributed by atoms with Crippen LogP contribution in [-0.2, 0) is 11.8 Å². The predicted octanol–water partition coefficient (Wildman–Crippen LogP) is 4.61. The Labute approximate surface area is 142 Å². The van der Waals surface area contributed by atoms with Crippen LogP contribution in [0.25, 0.3) is 0 Å². The van der Waals surface area contributed by atoms with Crippen LogP contribution in [0.5, 0.6) is 0 Å². The van der Waals surface area contributed by atoms with Gasteiger partial charge in [0.05, 0.1) is 0 Å². The van der Waals surface area contributed by atoms with Crippen LogP contribution in [0.15, 0.2) is 0 Å². The molecule has 0 aromatic heterocycles. The first-order chi connectivity index (χ1) is 10.4. The third-order valence-electron chi connectivity index (χ3n) is 3.56. The van der Waals surface area contributed by atoms with Gasteiger partial charge < -0.3 is 20.4 Å². The van der Waals surface area contributed by atoms with Gasteiger partial charge in [-0.15, -0.1) is 0 Å². The van der Waals surface area contributed by atoms with Crippen LogP contribution in [0.2, 0.25) is 0 Å². The van der Waals surface area contributed by atoms with Crippen molar-refractivity contribution in [3.8, 4) is 0 Å². The van der Waals surface area contributed by atoms with E-state index in [0.29, 0.717) is 0 Å². The highest BCUT2D eigenvalue weighted by atomic mass is 32.5. The molecule has 0 aromatic carbocycles. The zero-order chi connectivity index (χ0) is 17.1. The van der Waals surface area contributed by atoms with Crippen molar-refractivity contribution >= 4 is 18.5 Å². The van der Waals surface area contributed by atoms with Gasteiger partial charge in [-0.3, -0.25) is 0 Å². The fourth-order valence-corrected chi connectivity index (χ4v) is 2.34. The van der Waals surface area contributed by atoms with Crippen molar-refractivity contribution in [2.75, 3.05) is 6.54 Å². The molecule has 6 heteroatoms. The Morgan fingerprint density at radius 2 is 0.864 bits per heavy atom. The van der Waals surface area contributed by atoms with Gasteiger partial charge in [0.15, 0.2) is 0 Å². The molecular weight excluding hydrogens is 317 g/mol. The number of hydrogen-bond donors (Lipinski definition) is 4. The fraction of sp³-hybridized carbons (Fsp3) is 1.00. The largest absolute Gasteiger partial charge is 0.330 e. The van der Waals surface area contributed by atoms with E-state index in [1.807, 2.05) is 0 Å². The lowest BCUT2D eigenvalue weighted by Gasteiger charge is -2.02. The van der Waals surface area contributed by atoms with Gasteiger partial charge in [-0.05, 0) is 24.8 Å². The third-order valence-corrected chi connectivity index (χ3v) is 3.56. The zero-order valence-electron chi connectivity index (χ0n) is 14.4. The molecule has 5 N–H and O–H groups in total. The van der Waals surface area contributed by atoms with Crippen LogP contribution in [0.1, 0.15) is 96.8 Å². The van der Waals surface area contributed by atoms with E-state index < -0.39 is 6.72 Å². The second-order valence-corrected chi connectivity index (χ2v) is 8.39. The Hall–Kier alpha value is 0.490. The van der Waals surface area contributed by atoms with Gasteiger partial charge in [-0.1, -0.05) is 90.4 Å². The Bertz CT molecular complexity index is 227. The molecule has 22 heavy (non-hydrogen) atoms. The number of hydrogen-bond acceptors (Lipinski definition) is 2. The molecule has 4 nitrogen and oxygen atoms in total. The highest BCUT2D eigenvalue weighted by molar-refractivity contribution is 8.06. The minimum absolute atomic E-state index is 0.873. The van der Waals surface area contributed by atoms with Crippen LogP contribution >= 0.6 is 6.72 Å². The summed E-state index contributed by atoms with van der Waals surface area (Å²) in [6.07, 6.45) is 19.9. The Kier molecular flexibility index (Phi) is 22.0. The van der Waals surface area contributed by atoms with Crippen molar-refractivity contribution < 1.29 is 14.7 Å². The molecule has 136 valence electrons. The lowest BCUT2D eigenvalue weighted by Crippen LogP contribution is -1.97. The molecule has 0 unspecified atom stereocenters. The summed E-state index contributed by atoms with van der Waals surface area (Å²) >= 11 is 3.60. The second-order valence-electron chi connectivity index (χ2n) is 5.90. The molecule has 0 aliphatic carbocycles. The average molecular weight is 356 g/mol. The van der Waals surface area contributed by atoms with E-state index in [9.17, 15) is 0 Å². The Morgan fingerprint density at radius 3 is 1.09 bits per heavy atom. The van der Waals surface area contributed by atoms with Crippen LogP contribution in [-0.4, -0.2) is 21.2 Å². The van der Waals surface area contributed by atoms with E-state index >= 15 is 0 Å². The summed E-state index contributed by atoms with van der Waals surface area (Å²) in [5.41, 5.74) is 5.47. The molecule has 0 rings (SSSR count). The van der Waals surface area contributed by atoms with E-state index in [2.05, 4.69) is 18.7 Å². The lowest BCUT2D eigenvalue weighted by atomic mass is 10.0. The van der Waals surface area contributed by atoms with E-state index in [1.54, 1.807) is 0 Å². The van der Waals surface area contributed by atoms with Gasteiger partial charge in [-0.2, -0.15) is 0 Å².